The third-order valence-corrected chi connectivity index (χ3v) is 4.84. The molecule has 1 N–H and O–H groups in total. The topological polar surface area (TPSA) is 49.8 Å². The Kier molecular flexibility index (Phi) is 4.45. The number of nitrogens with zero attached hydrogens (tertiary/aromatic N) is 1. The number of carbonyl (C=O) groups excluding carboxylic acids is 1. The fourth-order valence-electron chi connectivity index (χ4n) is 3.63. The first-order valence-electron chi connectivity index (χ1n) is 7.91. The van der Waals surface area contributed by atoms with Gasteiger partial charge in [0.2, 0.25) is 0 Å². The highest BCUT2D eigenvalue weighted by atomic mass is 19.1. The van der Waals surface area contributed by atoms with Crippen molar-refractivity contribution in [3.63, 3.8) is 0 Å². The van der Waals surface area contributed by atoms with Crippen molar-refractivity contribution in [1.29, 1.82) is 0 Å². The molecule has 3 atom stereocenters. The van der Waals surface area contributed by atoms with Crippen LogP contribution in [0.1, 0.15) is 35.2 Å². The number of hydrogen-bond acceptors (Lipinski definition) is 3. The summed E-state index contributed by atoms with van der Waals surface area (Å²) in [6, 6.07) is 4.27. The largest absolute Gasteiger partial charge is 0.393 e. The molecule has 2 fully saturated rings. The van der Waals surface area contributed by atoms with E-state index in [1.54, 1.807) is 13.0 Å². The molecule has 120 valence electrons. The summed E-state index contributed by atoms with van der Waals surface area (Å²) in [4.78, 5) is 14.7. The van der Waals surface area contributed by atoms with Gasteiger partial charge in [-0.05, 0) is 49.9 Å². The number of ether oxygens (including phenoxy) is 1. The van der Waals surface area contributed by atoms with Gasteiger partial charge in [-0.15, -0.1) is 0 Å². The van der Waals surface area contributed by atoms with Crippen molar-refractivity contribution in [2.24, 2.45) is 5.92 Å². The molecule has 2 aliphatic rings. The molecule has 0 saturated carbocycles. The lowest BCUT2D eigenvalue weighted by Gasteiger charge is -2.37. The summed E-state index contributed by atoms with van der Waals surface area (Å²) in [5, 5.41) is 10.2. The molecule has 0 bridgehead atoms. The Hall–Kier alpha value is -1.46. The van der Waals surface area contributed by atoms with E-state index in [9.17, 15) is 14.3 Å². The Morgan fingerprint density at radius 1 is 1.41 bits per heavy atom. The monoisotopic (exact) mass is 307 g/mol. The van der Waals surface area contributed by atoms with Crippen molar-refractivity contribution < 1.29 is 19.0 Å². The summed E-state index contributed by atoms with van der Waals surface area (Å²) in [6.07, 6.45) is 2.02. The molecule has 1 aromatic rings. The van der Waals surface area contributed by atoms with Crippen molar-refractivity contribution in [2.75, 3.05) is 19.8 Å². The van der Waals surface area contributed by atoms with E-state index in [4.69, 9.17) is 4.74 Å². The maximum absolute atomic E-state index is 13.2. The van der Waals surface area contributed by atoms with E-state index in [1.807, 2.05) is 4.90 Å². The van der Waals surface area contributed by atoms with E-state index in [2.05, 4.69) is 0 Å². The second-order valence-corrected chi connectivity index (χ2v) is 6.26. The molecule has 0 radical (unpaired) electrons. The standard InChI is InChI=1S/C17H22FNO3/c1-11-9-12(18)4-5-13(11)17(21)19-7-2-3-15(19)14-10-22-8-6-16(14)20/h4-5,9,14-16,20H,2-3,6-8,10H2,1H3. The summed E-state index contributed by atoms with van der Waals surface area (Å²) < 4.78 is 18.7. The highest BCUT2D eigenvalue weighted by Gasteiger charge is 2.40. The lowest BCUT2D eigenvalue weighted by molar-refractivity contribution is -0.0589. The normalized spacial score (nSPS) is 28.9. The Bertz CT molecular complexity index is 563. The third-order valence-electron chi connectivity index (χ3n) is 4.84. The smallest absolute Gasteiger partial charge is 0.254 e. The van der Waals surface area contributed by atoms with Crippen LogP contribution in [0.3, 0.4) is 0 Å². The molecule has 1 amide bonds. The van der Waals surface area contributed by atoms with Gasteiger partial charge in [0.1, 0.15) is 5.82 Å². The van der Waals surface area contributed by atoms with Crippen molar-refractivity contribution >= 4 is 5.91 Å². The summed E-state index contributed by atoms with van der Waals surface area (Å²) in [7, 11) is 0. The van der Waals surface area contributed by atoms with E-state index in [0.717, 1.165) is 12.8 Å². The molecule has 3 unspecified atom stereocenters. The van der Waals surface area contributed by atoms with Crippen LogP contribution >= 0.6 is 0 Å². The number of aliphatic hydroxyl groups excluding tert-OH is 1. The van der Waals surface area contributed by atoms with Crippen LogP contribution in [0, 0.1) is 18.7 Å². The number of aryl methyl sites for hydroxylation is 1. The Labute approximate surface area is 129 Å². The first kappa shape index (κ1) is 15.4. The molecule has 22 heavy (non-hydrogen) atoms. The Morgan fingerprint density at radius 2 is 2.23 bits per heavy atom. The fraction of sp³-hybridized carbons (Fsp3) is 0.588. The highest BCUT2D eigenvalue weighted by molar-refractivity contribution is 5.96. The quantitative estimate of drug-likeness (QED) is 0.910. The fourth-order valence-corrected chi connectivity index (χ4v) is 3.63. The minimum Gasteiger partial charge on any atom is -0.393 e. The SMILES string of the molecule is Cc1cc(F)ccc1C(=O)N1CCCC1C1COCCC1O. The second-order valence-electron chi connectivity index (χ2n) is 6.26. The third kappa shape index (κ3) is 2.88. The molecule has 2 saturated heterocycles. The van der Waals surface area contributed by atoms with Crippen LogP contribution < -0.4 is 0 Å². The highest BCUT2D eigenvalue weighted by Crippen LogP contribution is 2.31. The zero-order chi connectivity index (χ0) is 15.7. The molecule has 0 aromatic heterocycles. The summed E-state index contributed by atoms with van der Waals surface area (Å²) in [5.74, 6) is -0.429. The maximum Gasteiger partial charge on any atom is 0.254 e. The number of aliphatic hydroxyl groups is 1. The first-order valence-corrected chi connectivity index (χ1v) is 7.91. The van der Waals surface area contributed by atoms with Crippen LogP contribution in [0.2, 0.25) is 0 Å². The number of halogens is 1. The molecule has 3 rings (SSSR count). The first-order chi connectivity index (χ1) is 10.6. The van der Waals surface area contributed by atoms with E-state index in [0.29, 0.717) is 37.3 Å². The number of amides is 1. The van der Waals surface area contributed by atoms with E-state index >= 15 is 0 Å². The molecule has 5 heteroatoms. The zero-order valence-corrected chi connectivity index (χ0v) is 12.8. The van der Waals surface area contributed by atoms with Gasteiger partial charge in [0.15, 0.2) is 0 Å². The zero-order valence-electron chi connectivity index (χ0n) is 12.8. The summed E-state index contributed by atoms with van der Waals surface area (Å²) >= 11 is 0. The van der Waals surface area contributed by atoms with Crippen LogP contribution in [0.15, 0.2) is 18.2 Å². The van der Waals surface area contributed by atoms with Gasteiger partial charge in [0.25, 0.3) is 5.91 Å². The van der Waals surface area contributed by atoms with Gasteiger partial charge in [-0.25, -0.2) is 4.39 Å². The van der Waals surface area contributed by atoms with Crippen molar-refractivity contribution in [2.45, 2.75) is 38.3 Å². The van der Waals surface area contributed by atoms with Crippen molar-refractivity contribution in [3.05, 3.63) is 35.1 Å². The molecule has 1 aromatic carbocycles. The minimum absolute atomic E-state index is 0.00672. The van der Waals surface area contributed by atoms with E-state index < -0.39 is 6.10 Å². The summed E-state index contributed by atoms with van der Waals surface area (Å²) in [6.45, 7) is 3.51. The molecular weight excluding hydrogens is 285 g/mol. The molecule has 0 aliphatic carbocycles. The lowest BCUT2D eigenvalue weighted by Crippen LogP contribution is -2.48. The van der Waals surface area contributed by atoms with Gasteiger partial charge in [-0.1, -0.05) is 0 Å². The van der Waals surface area contributed by atoms with Crippen molar-refractivity contribution in [3.8, 4) is 0 Å². The van der Waals surface area contributed by atoms with Gasteiger partial charge in [-0.3, -0.25) is 4.79 Å². The van der Waals surface area contributed by atoms with Gasteiger partial charge < -0.3 is 14.7 Å². The van der Waals surface area contributed by atoms with Crippen LogP contribution in [-0.2, 0) is 4.74 Å². The second kappa shape index (κ2) is 6.34. The van der Waals surface area contributed by atoms with Gasteiger partial charge in [0, 0.05) is 30.7 Å². The van der Waals surface area contributed by atoms with Crippen LogP contribution in [-0.4, -0.2) is 47.8 Å². The maximum atomic E-state index is 13.2. The minimum atomic E-state index is -0.415. The number of rotatable bonds is 2. The summed E-state index contributed by atoms with van der Waals surface area (Å²) in [5.41, 5.74) is 1.19. The van der Waals surface area contributed by atoms with Gasteiger partial charge in [-0.2, -0.15) is 0 Å². The molecule has 4 nitrogen and oxygen atoms in total. The van der Waals surface area contributed by atoms with Crippen LogP contribution in [0.4, 0.5) is 4.39 Å². The lowest BCUT2D eigenvalue weighted by atomic mass is 9.89. The Balaban J connectivity index is 1.81. The molecule has 2 heterocycles. The average molecular weight is 307 g/mol. The average Bonchev–Trinajstić information content (AvgIpc) is 2.96. The number of benzene rings is 1. The number of likely N-dealkylation sites (tertiary alicyclic amines) is 1. The van der Waals surface area contributed by atoms with Crippen molar-refractivity contribution in [1.82, 2.24) is 4.90 Å². The van der Waals surface area contributed by atoms with Gasteiger partial charge in [0.05, 0.1) is 12.7 Å². The number of hydrogen-bond donors (Lipinski definition) is 1. The molecule has 0 spiro atoms. The predicted octanol–water partition coefficient (Wildman–Crippen LogP) is 2.14. The van der Waals surface area contributed by atoms with Crippen LogP contribution in [0.25, 0.3) is 0 Å². The van der Waals surface area contributed by atoms with Crippen LogP contribution in [0.5, 0.6) is 0 Å². The Morgan fingerprint density at radius 3 is 2.95 bits per heavy atom. The predicted molar refractivity (Wildman–Crippen MR) is 80.1 cm³/mol. The number of carbonyl (C=O) groups is 1. The molecule has 2 aliphatic heterocycles. The molecular formula is C17H22FNO3. The van der Waals surface area contributed by atoms with E-state index in [-0.39, 0.29) is 23.7 Å². The van der Waals surface area contributed by atoms with Gasteiger partial charge >= 0.3 is 0 Å². The van der Waals surface area contributed by atoms with E-state index in [1.165, 1.54) is 12.1 Å².